The number of hydrogen-bond donors (Lipinski definition) is 2. The van der Waals surface area contributed by atoms with Crippen LogP contribution >= 0.6 is 11.3 Å². The summed E-state index contributed by atoms with van der Waals surface area (Å²) in [7, 11) is 1.52. The molecule has 31 heavy (non-hydrogen) atoms. The van der Waals surface area contributed by atoms with E-state index >= 15 is 0 Å². The molecular weight excluding hydrogens is 431 g/mol. The molecule has 3 heterocycles. The van der Waals surface area contributed by atoms with E-state index in [1.165, 1.54) is 24.2 Å². The van der Waals surface area contributed by atoms with Gasteiger partial charge in [0, 0.05) is 19.8 Å². The van der Waals surface area contributed by atoms with Gasteiger partial charge in [-0.15, -0.1) is 0 Å². The molecule has 11 heteroatoms. The minimum atomic E-state index is -4.45. The summed E-state index contributed by atoms with van der Waals surface area (Å²) in [5.41, 5.74) is -1.08. The number of thiazole rings is 1. The number of amides is 3. The molecule has 0 aromatic carbocycles. The van der Waals surface area contributed by atoms with Gasteiger partial charge >= 0.3 is 12.2 Å². The normalized spacial score (nSPS) is 17.0. The Morgan fingerprint density at radius 1 is 1.29 bits per heavy atom. The number of nitrogens with one attached hydrogen (secondary N) is 2. The van der Waals surface area contributed by atoms with Gasteiger partial charge in [-0.1, -0.05) is 11.3 Å². The molecule has 2 N–H and O–H groups in total. The van der Waals surface area contributed by atoms with Crippen LogP contribution in [0.5, 0.6) is 0 Å². The van der Waals surface area contributed by atoms with E-state index in [9.17, 15) is 22.8 Å². The lowest BCUT2D eigenvalue weighted by Crippen LogP contribution is -2.46. The number of rotatable bonds is 4. The molecule has 2 aromatic heterocycles. The summed E-state index contributed by atoms with van der Waals surface area (Å²) in [6.07, 6.45) is -1.79. The van der Waals surface area contributed by atoms with E-state index in [1.807, 2.05) is 0 Å². The van der Waals surface area contributed by atoms with E-state index in [1.54, 1.807) is 13.0 Å². The highest BCUT2D eigenvalue weighted by Gasteiger charge is 2.49. The number of aryl methyl sites for hydroxylation is 1. The van der Waals surface area contributed by atoms with Gasteiger partial charge in [0.2, 0.25) is 5.91 Å². The van der Waals surface area contributed by atoms with Crippen molar-refractivity contribution in [2.75, 3.05) is 18.9 Å². The van der Waals surface area contributed by atoms with Crippen molar-refractivity contribution < 1.29 is 22.8 Å². The van der Waals surface area contributed by atoms with Gasteiger partial charge in [0.15, 0.2) is 5.13 Å². The molecule has 0 aliphatic carbocycles. The average Bonchev–Trinajstić information content (AvgIpc) is 3.33. The van der Waals surface area contributed by atoms with Crippen LogP contribution in [-0.2, 0) is 10.2 Å². The Balaban J connectivity index is 1.83. The summed E-state index contributed by atoms with van der Waals surface area (Å²) in [4.78, 5) is 35.0. The predicted molar refractivity (Wildman–Crippen MR) is 112 cm³/mol. The van der Waals surface area contributed by atoms with Gasteiger partial charge in [0.05, 0.1) is 16.3 Å². The minimum absolute atomic E-state index is 0.0960. The topological polar surface area (TPSA) is 87.2 Å². The van der Waals surface area contributed by atoms with E-state index < -0.39 is 23.7 Å². The second-order valence-electron chi connectivity index (χ2n) is 7.88. The number of hydrogen-bond acceptors (Lipinski definition) is 5. The van der Waals surface area contributed by atoms with Crippen LogP contribution in [0.1, 0.15) is 38.1 Å². The number of pyridine rings is 1. The highest BCUT2D eigenvalue weighted by molar-refractivity contribution is 7.19. The SMILES string of the molecule is CNC(=O)[C@@H]1CCCN1C(=O)Nc1nc(C)c(-c2ccnc(C(C)(C)C(F)(F)F)c2)s1. The number of alkyl halides is 3. The minimum Gasteiger partial charge on any atom is -0.357 e. The molecule has 3 amide bonds. The van der Waals surface area contributed by atoms with E-state index in [0.717, 1.165) is 31.6 Å². The molecule has 1 saturated heterocycles. The van der Waals surface area contributed by atoms with Gasteiger partial charge < -0.3 is 10.2 Å². The van der Waals surface area contributed by atoms with Crippen LogP contribution in [-0.4, -0.2) is 52.6 Å². The zero-order valence-electron chi connectivity index (χ0n) is 17.6. The quantitative estimate of drug-likeness (QED) is 0.727. The Labute approximate surface area is 182 Å². The van der Waals surface area contributed by atoms with E-state index in [4.69, 9.17) is 0 Å². The molecule has 0 spiro atoms. The third-order valence-corrected chi connectivity index (χ3v) is 6.57. The highest BCUT2D eigenvalue weighted by atomic mass is 32.1. The largest absolute Gasteiger partial charge is 0.399 e. The van der Waals surface area contributed by atoms with Crippen molar-refractivity contribution in [3.8, 4) is 10.4 Å². The van der Waals surface area contributed by atoms with Crippen LogP contribution in [0.25, 0.3) is 10.4 Å². The Bertz CT molecular complexity index is 989. The monoisotopic (exact) mass is 455 g/mol. The molecule has 1 aliphatic heterocycles. The number of carbonyl (C=O) groups is 2. The summed E-state index contributed by atoms with van der Waals surface area (Å²) in [5, 5.41) is 5.58. The van der Waals surface area contributed by atoms with Crippen LogP contribution in [0, 0.1) is 6.92 Å². The molecule has 0 radical (unpaired) electrons. The van der Waals surface area contributed by atoms with Crippen molar-refractivity contribution in [1.29, 1.82) is 0 Å². The number of nitrogens with zero attached hydrogens (tertiary/aromatic N) is 3. The lowest BCUT2D eigenvalue weighted by Gasteiger charge is -2.27. The van der Waals surface area contributed by atoms with Gasteiger partial charge in [0.25, 0.3) is 0 Å². The smallest absolute Gasteiger partial charge is 0.357 e. The molecule has 0 saturated carbocycles. The lowest BCUT2D eigenvalue weighted by molar-refractivity contribution is -0.181. The zero-order chi connectivity index (χ0) is 23.0. The second kappa shape index (κ2) is 8.45. The highest BCUT2D eigenvalue weighted by Crippen LogP contribution is 2.41. The van der Waals surface area contributed by atoms with Gasteiger partial charge in [-0.2, -0.15) is 13.2 Å². The second-order valence-corrected chi connectivity index (χ2v) is 8.88. The first-order chi connectivity index (χ1) is 14.5. The molecular formula is C20H24F3N5O2S. The van der Waals surface area contributed by atoms with Gasteiger partial charge in [0.1, 0.15) is 11.5 Å². The Hall–Kier alpha value is -2.69. The number of likely N-dealkylation sites (N-methyl/N-ethyl adjacent to an activating group) is 1. The van der Waals surface area contributed by atoms with Crippen LogP contribution in [0.2, 0.25) is 0 Å². The maximum absolute atomic E-state index is 13.4. The first-order valence-electron chi connectivity index (χ1n) is 9.76. The average molecular weight is 456 g/mol. The maximum atomic E-state index is 13.4. The van der Waals surface area contributed by atoms with Crippen LogP contribution in [0.15, 0.2) is 18.3 Å². The summed E-state index contributed by atoms with van der Waals surface area (Å²) >= 11 is 1.16. The van der Waals surface area contributed by atoms with Gasteiger partial charge in [-0.3, -0.25) is 15.1 Å². The molecule has 168 valence electrons. The van der Waals surface area contributed by atoms with Crippen molar-refractivity contribution in [3.63, 3.8) is 0 Å². The molecule has 2 aromatic rings. The third-order valence-electron chi connectivity index (χ3n) is 5.44. The predicted octanol–water partition coefficient (Wildman–Crippen LogP) is 4.10. The van der Waals surface area contributed by atoms with Crippen LogP contribution in [0.4, 0.5) is 23.1 Å². The van der Waals surface area contributed by atoms with Crippen molar-refractivity contribution in [2.24, 2.45) is 0 Å². The molecule has 3 rings (SSSR count). The van der Waals surface area contributed by atoms with Gasteiger partial charge in [-0.25, -0.2) is 9.78 Å². The fraction of sp³-hybridized carbons (Fsp3) is 0.500. The molecule has 1 aliphatic rings. The maximum Gasteiger partial charge on any atom is 0.399 e. The van der Waals surface area contributed by atoms with Crippen LogP contribution in [0.3, 0.4) is 0 Å². The summed E-state index contributed by atoms with van der Waals surface area (Å²) < 4.78 is 40.2. The summed E-state index contributed by atoms with van der Waals surface area (Å²) in [6.45, 7) is 4.35. The number of carbonyl (C=O) groups excluding carboxylic acids is 2. The first-order valence-corrected chi connectivity index (χ1v) is 10.6. The number of halogens is 3. The fourth-order valence-corrected chi connectivity index (χ4v) is 4.34. The van der Waals surface area contributed by atoms with Crippen molar-refractivity contribution in [1.82, 2.24) is 20.2 Å². The van der Waals surface area contributed by atoms with Gasteiger partial charge in [-0.05, 0) is 51.3 Å². The number of urea groups is 1. The van der Waals surface area contributed by atoms with Crippen molar-refractivity contribution >= 4 is 28.4 Å². The first kappa shape index (κ1) is 23.0. The Morgan fingerprint density at radius 2 is 2.00 bits per heavy atom. The summed E-state index contributed by atoms with van der Waals surface area (Å²) in [5.74, 6) is -0.222. The molecule has 1 atom stereocenters. The Kier molecular flexibility index (Phi) is 6.26. The standard InChI is InChI=1S/C20H24F3N5O2S/c1-11-15(12-7-8-25-14(10-12)19(2,3)20(21,22)23)31-17(26-11)27-18(30)28-9-5-6-13(28)16(29)24-4/h7-8,10,13H,5-6,9H2,1-4H3,(H,24,29)(H,26,27,30)/t13-/m0/s1. The summed E-state index contributed by atoms with van der Waals surface area (Å²) in [6, 6.07) is 2.06. The van der Waals surface area contributed by atoms with Crippen LogP contribution < -0.4 is 10.6 Å². The molecule has 7 nitrogen and oxygen atoms in total. The third kappa shape index (κ3) is 4.51. The lowest BCUT2D eigenvalue weighted by atomic mass is 9.87. The number of aromatic nitrogens is 2. The van der Waals surface area contributed by atoms with Crippen molar-refractivity contribution in [2.45, 2.75) is 51.2 Å². The molecule has 0 bridgehead atoms. The number of likely N-dealkylation sites (tertiary alicyclic amines) is 1. The van der Waals surface area contributed by atoms with Crippen molar-refractivity contribution in [3.05, 3.63) is 29.7 Å². The fourth-order valence-electron chi connectivity index (χ4n) is 3.39. The van der Waals surface area contributed by atoms with E-state index in [-0.39, 0.29) is 11.6 Å². The van der Waals surface area contributed by atoms with E-state index in [2.05, 4.69) is 20.6 Å². The Morgan fingerprint density at radius 3 is 2.65 bits per heavy atom. The number of anilines is 1. The molecule has 0 unspecified atom stereocenters. The van der Waals surface area contributed by atoms with E-state index in [0.29, 0.717) is 34.2 Å². The zero-order valence-corrected chi connectivity index (χ0v) is 18.4. The molecule has 1 fully saturated rings.